The molecule has 0 aliphatic rings. The summed E-state index contributed by atoms with van der Waals surface area (Å²) in [6.45, 7) is 1.56. The molecular weight excluding hydrogens is 290 g/mol. The van der Waals surface area contributed by atoms with Crippen LogP contribution in [0.4, 0.5) is 14.5 Å². The molecular formula is C11H12F2N4O2S. The Labute approximate surface area is 114 Å². The number of halogens is 2. The largest absolute Gasteiger partial charge is 0.399 e. The van der Waals surface area contributed by atoms with Crippen LogP contribution >= 0.6 is 0 Å². The van der Waals surface area contributed by atoms with Crippen LogP contribution in [0.15, 0.2) is 23.2 Å². The maximum atomic E-state index is 13.6. The van der Waals surface area contributed by atoms with Crippen LogP contribution in [0.25, 0.3) is 0 Å². The highest BCUT2D eigenvalue weighted by Gasteiger charge is 2.24. The first kappa shape index (κ1) is 14.4. The summed E-state index contributed by atoms with van der Waals surface area (Å²) in [4.78, 5) is -1.05. The van der Waals surface area contributed by atoms with Crippen molar-refractivity contribution in [3.63, 3.8) is 0 Å². The lowest BCUT2D eigenvalue weighted by molar-refractivity contribution is 0.514. The van der Waals surface area contributed by atoms with Gasteiger partial charge < -0.3 is 5.73 Å². The molecule has 0 amide bonds. The van der Waals surface area contributed by atoms with Crippen LogP contribution in [-0.2, 0) is 16.6 Å². The number of hydrogen-bond donors (Lipinski definition) is 3. The minimum absolute atomic E-state index is 0.131. The molecule has 20 heavy (non-hydrogen) atoms. The third kappa shape index (κ3) is 2.78. The number of aromatic nitrogens is 2. The maximum Gasteiger partial charge on any atom is 0.246 e. The summed E-state index contributed by atoms with van der Waals surface area (Å²) in [5.74, 6) is -2.47. The van der Waals surface area contributed by atoms with E-state index in [2.05, 4.69) is 14.9 Å². The molecule has 0 aliphatic heterocycles. The summed E-state index contributed by atoms with van der Waals surface area (Å²) in [7, 11) is -4.33. The van der Waals surface area contributed by atoms with Gasteiger partial charge in [-0.1, -0.05) is 0 Å². The van der Waals surface area contributed by atoms with Crippen molar-refractivity contribution in [1.29, 1.82) is 0 Å². The van der Waals surface area contributed by atoms with Gasteiger partial charge in [0.1, 0.15) is 11.6 Å². The average molecular weight is 302 g/mol. The van der Waals surface area contributed by atoms with Crippen LogP contribution in [0.5, 0.6) is 0 Å². The quantitative estimate of drug-likeness (QED) is 0.735. The molecule has 0 fully saturated rings. The van der Waals surface area contributed by atoms with Gasteiger partial charge in [0.25, 0.3) is 0 Å². The van der Waals surface area contributed by atoms with Crippen LogP contribution in [0, 0.1) is 18.6 Å². The van der Waals surface area contributed by atoms with Gasteiger partial charge in [0.2, 0.25) is 10.0 Å². The van der Waals surface area contributed by atoms with E-state index in [-0.39, 0.29) is 12.2 Å². The minimum Gasteiger partial charge on any atom is -0.399 e. The minimum atomic E-state index is -4.33. The van der Waals surface area contributed by atoms with Crippen LogP contribution < -0.4 is 10.5 Å². The highest BCUT2D eigenvalue weighted by molar-refractivity contribution is 7.89. The molecule has 0 bridgehead atoms. The van der Waals surface area contributed by atoms with Crippen molar-refractivity contribution >= 4 is 15.7 Å². The topological polar surface area (TPSA) is 101 Å². The molecule has 0 aliphatic carbocycles. The maximum absolute atomic E-state index is 13.6. The zero-order chi connectivity index (χ0) is 14.9. The van der Waals surface area contributed by atoms with Crippen molar-refractivity contribution in [3.8, 4) is 0 Å². The van der Waals surface area contributed by atoms with Gasteiger partial charge in [-0.3, -0.25) is 5.10 Å². The monoisotopic (exact) mass is 302 g/mol. The first-order chi connectivity index (χ1) is 9.31. The molecule has 1 aromatic carbocycles. The zero-order valence-corrected chi connectivity index (χ0v) is 11.3. The lowest BCUT2D eigenvalue weighted by Gasteiger charge is -2.09. The highest BCUT2D eigenvalue weighted by atomic mass is 32.2. The van der Waals surface area contributed by atoms with E-state index in [1.54, 1.807) is 6.92 Å². The predicted octanol–water partition coefficient (Wildman–Crippen LogP) is 1.06. The SMILES string of the molecule is Cc1[nH]ncc1CNS(=O)(=O)c1c(F)cc(N)cc1F. The summed E-state index contributed by atoms with van der Waals surface area (Å²) in [5.41, 5.74) is 6.28. The summed E-state index contributed by atoms with van der Waals surface area (Å²) >= 11 is 0. The van der Waals surface area contributed by atoms with Gasteiger partial charge in [-0.15, -0.1) is 0 Å². The lowest BCUT2D eigenvalue weighted by Crippen LogP contribution is -2.25. The predicted molar refractivity (Wildman–Crippen MR) is 68.1 cm³/mol. The molecule has 0 saturated carbocycles. The molecule has 6 nitrogen and oxygen atoms in total. The van der Waals surface area contributed by atoms with Gasteiger partial charge in [-0.05, 0) is 19.1 Å². The lowest BCUT2D eigenvalue weighted by atomic mass is 10.3. The number of sulfonamides is 1. The number of hydrogen-bond acceptors (Lipinski definition) is 4. The van der Waals surface area contributed by atoms with Crippen LogP contribution in [-0.4, -0.2) is 18.6 Å². The van der Waals surface area contributed by atoms with E-state index in [1.807, 2.05) is 0 Å². The Balaban J connectivity index is 2.30. The van der Waals surface area contributed by atoms with Crippen molar-refractivity contribution in [2.75, 3.05) is 5.73 Å². The molecule has 1 aromatic heterocycles. The number of nitrogens with one attached hydrogen (secondary N) is 2. The molecule has 0 atom stereocenters. The van der Waals surface area contributed by atoms with E-state index in [4.69, 9.17) is 5.73 Å². The van der Waals surface area contributed by atoms with E-state index in [9.17, 15) is 17.2 Å². The summed E-state index contributed by atoms with van der Waals surface area (Å²) in [5, 5.41) is 6.34. The van der Waals surface area contributed by atoms with Crippen LogP contribution in [0.2, 0.25) is 0 Å². The standard InChI is InChI=1S/C11H12F2N4O2S/c1-6-7(4-15-17-6)5-16-20(18,19)11-9(12)2-8(14)3-10(11)13/h2-4,16H,5,14H2,1H3,(H,15,17). The van der Waals surface area contributed by atoms with E-state index in [0.717, 1.165) is 12.1 Å². The number of nitrogen functional groups attached to an aromatic ring is 1. The molecule has 0 saturated heterocycles. The van der Waals surface area contributed by atoms with Crippen LogP contribution in [0.1, 0.15) is 11.3 Å². The van der Waals surface area contributed by atoms with Crippen molar-refractivity contribution in [3.05, 3.63) is 41.2 Å². The Hall–Kier alpha value is -2.00. The van der Waals surface area contributed by atoms with Gasteiger partial charge >= 0.3 is 0 Å². The summed E-state index contributed by atoms with van der Waals surface area (Å²) in [6, 6.07) is 1.50. The second-order valence-corrected chi connectivity index (χ2v) is 5.86. The number of aromatic amines is 1. The van der Waals surface area contributed by atoms with Gasteiger partial charge in [-0.2, -0.15) is 5.10 Å². The van der Waals surface area contributed by atoms with Crippen molar-refractivity contribution < 1.29 is 17.2 Å². The number of nitrogens with zero attached hydrogens (tertiary/aromatic N) is 1. The average Bonchev–Trinajstić information content (AvgIpc) is 2.70. The Morgan fingerprint density at radius 1 is 1.35 bits per heavy atom. The Bertz CT molecular complexity index is 720. The smallest absolute Gasteiger partial charge is 0.246 e. The second-order valence-electron chi connectivity index (χ2n) is 4.16. The number of benzene rings is 1. The number of aryl methyl sites for hydroxylation is 1. The van der Waals surface area contributed by atoms with E-state index in [0.29, 0.717) is 11.3 Å². The second kappa shape index (κ2) is 5.17. The normalized spacial score (nSPS) is 11.8. The Kier molecular flexibility index (Phi) is 3.73. The molecule has 9 heteroatoms. The molecule has 0 unspecified atom stereocenters. The molecule has 108 valence electrons. The van der Waals surface area contributed by atoms with Gasteiger partial charge in [-0.25, -0.2) is 21.9 Å². The van der Waals surface area contributed by atoms with Gasteiger partial charge in [0.05, 0.1) is 6.20 Å². The molecule has 4 N–H and O–H groups in total. The number of rotatable bonds is 4. The molecule has 1 heterocycles. The van der Waals surface area contributed by atoms with Crippen LogP contribution in [0.3, 0.4) is 0 Å². The fourth-order valence-electron chi connectivity index (χ4n) is 1.64. The molecule has 2 rings (SSSR count). The molecule has 0 spiro atoms. The summed E-state index contributed by atoms with van der Waals surface area (Å²) < 4.78 is 53.2. The fourth-order valence-corrected chi connectivity index (χ4v) is 2.76. The zero-order valence-electron chi connectivity index (χ0n) is 10.4. The first-order valence-corrected chi connectivity index (χ1v) is 7.02. The van der Waals surface area contributed by atoms with Gasteiger partial charge in [0, 0.05) is 23.5 Å². The van der Waals surface area contributed by atoms with Crippen molar-refractivity contribution in [1.82, 2.24) is 14.9 Å². The summed E-state index contributed by atoms with van der Waals surface area (Å²) in [6.07, 6.45) is 1.42. The van der Waals surface area contributed by atoms with Gasteiger partial charge in [0.15, 0.2) is 4.90 Å². The van der Waals surface area contributed by atoms with E-state index in [1.165, 1.54) is 6.20 Å². The van der Waals surface area contributed by atoms with Crippen molar-refractivity contribution in [2.45, 2.75) is 18.4 Å². The number of nitrogens with two attached hydrogens (primary N) is 1. The van der Waals surface area contributed by atoms with E-state index >= 15 is 0 Å². The van der Waals surface area contributed by atoms with Crippen molar-refractivity contribution in [2.24, 2.45) is 0 Å². The molecule has 0 radical (unpaired) electrons. The number of anilines is 1. The Morgan fingerprint density at radius 2 is 1.95 bits per heavy atom. The fraction of sp³-hybridized carbons (Fsp3) is 0.182. The first-order valence-electron chi connectivity index (χ1n) is 5.54. The highest BCUT2D eigenvalue weighted by Crippen LogP contribution is 2.21. The third-order valence-electron chi connectivity index (χ3n) is 2.68. The third-order valence-corrected chi connectivity index (χ3v) is 4.13. The molecule has 2 aromatic rings. The number of H-pyrrole nitrogens is 1. The van der Waals surface area contributed by atoms with E-state index < -0.39 is 26.6 Å². The Morgan fingerprint density at radius 3 is 2.45 bits per heavy atom.